The van der Waals surface area contributed by atoms with Crippen molar-refractivity contribution in [1.82, 2.24) is 0 Å². The van der Waals surface area contributed by atoms with E-state index in [0.717, 1.165) is 25.1 Å². The summed E-state index contributed by atoms with van der Waals surface area (Å²) in [5.41, 5.74) is 0. The van der Waals surface area contributed by atoms with Gasteiger partial charge in [0.2, 0.25) is 0 Å². The highest BCUT2D eigenvalue weighted by atomic mass is 35.5. The Morgan fingerprint density at radius 3 is 2.56 bits per heavy atom. The molecule has 0 aromatic carbocycles. The predicted molar refractivity (Wildman–Crippen MR) is 40.8 cm³/mol. The van der Waals surface area contributed by atoms with Crippen molar-refractivity contribution in [3.63, 3.8) is 0 Å². The molecule has 9 heavy (non-hydrogen) atoms. The summed E-state index contributed by atoms with van der Waals surface area (Å²) >= 11 is 5.57. The largest absolute Gasteiger partial charge is 0.396 e. The van der Waals surface area contributed by atoms with Crippen molar-refractivity contribution < 1.29 is 5.11 Å². The highest BCUT2D eigenvalue weighted by molar-refractivity contribution is 6.18. The van der Waals surface area contributed by atoms with Crippen molar-refractivity contribution in [2.45, 2.75) is 26.2 Å². The molecular formula is C7H15ClO. The smallest absolute Gasteiger partial charge is 0.0431 e. The van der Waals surface area contributed by atoms with E-state index in [1.165, 1.54) is 0 Å². The van der Waals surface area contributed by atoms with Crippen LogP contribution in [0.3, 0.4) is 0 Å². The normalized spacial score (nSPS) is 13.7. The summed E-state index contributed by atoms with van der Waals surface area (Å²) in [4.78, 5) is 0. The fourth-order valence-electron chi connectivity index (χ4n) is 0.682. The molecule has 0 spiro atoms. The van der Waals surface area contributed by atoms with Crippen LogP contribution in [0, 0.1) is 5.92 Å². The van der Waals surface area contributed by atoms with E-state index in [1.807, 2.05) is 0 Å². The van der Waals surface area contributed by atoms with E-state index in [2.05, 4.69) is 6.92 Å². The molecule has 0 aromatic rings. The van der Waals surface area contributed by atoms with E-state index in [9.17, 15) is 0 Å². The average Bonchev–Trinajstić information content (AvgIpc) is 1.89. The van der Waals surface area contributed by atoms with Crippen LogP contribution in [0.15, 0.2) is 0 Å². The van der Waals surface area contributed by atoms with Gasteiger partial charge < -0.3 is 5.11 Å². The highest BCUT2D eigenvalue weighted by Gasteiger charge is 1.97. The van der Waals surface area contributed by atoms with Gasteiger partial charge in [-0.05, 0) is 18.8 Å². The molecule has 0 saturated heterocycles. The molecule has 0 aromatic heterocycles. The Labute approximate surface area is 62.0 Å². The second-order valence-electron chi connectivity index (χ2n) is 2.48. The minimum Gasteiger partial charge on any atom is -0.396 e. The van der Waals surface area contributed by atoms with Crippen molar-refractivity contribution in [3.05, 3.63) is 0 Å². The van der Waals surface area contributed by atoms with Gasteiger partial charge >= 0.3 is 0 Å². The zero-order valence-electron chi connectivity index (χ0n) is 5.94. The first-order valence-electron chi connectivity index (χ1n) is 3.48. The summed E-state index contributed by atoms with van der Waals surface area (Å²) in [5, 5.41) is 8.42. The molecule has 0 radical (unpaired) electrons. The molecule has 0 unspecified atom stereocenters. The van der Waals surface area contributed by atoms with Gasteiger partial charge in [0, 0.05) is 12.5 Å². The Kier molecular flexibility index (Phi) is 6.55. The summed E-state index contributed by atoms with van der Waals surface area (Å²) < 4.78 is 0. The average molecular weight is 151 g/mol. The Morgan fingerprint density at radius 2 is 2.11 bits per heavy atom. The van der Waals surface area contributed by atoms with Crippen molar-refractivity contribution in [3.8, 4) is 0 Å². The summed E-state index contributed by atoms with van der Waals surface area (Å²) in [6, 6.07) is 0. The maximum atomic E-state index is 8.42. The summed E-state index contributed by atoms with van der Waals surface area (Å²) in [6.07, 6.45) is 3.16. The first kappa shape index (κ1) is 9.25. The van der Waals surface area contributed by atoms with Gasteiger partial charge in [0.15, 0.2) is 0 Å². The van der Waals surface area contributed by atoms with Gasteiger partial charge in [-0.15, -0.1) is 11.6 Å². The zero-order valence-corrected chi connectivity index (χ0v) is 6.69. The van der Waals surface area contributed by atoms with Gasteiger partial charge in [-0.25, -0.2) is 0 Å². The van der Waals surface area contributed by atoms with Gasteiger partial charge in [0.25, 0.3) is 0 Å². The molecule has 56 valence electrons. The van der Waals surface area contributed by atoms with E-state index < -0.39 is 0 Å². The predicted octanol–water partition coefficient (Wildman–Crippen LogP) is 2.02. The van der Waals surface area contributed by atoms with Crippen molar-refractivity contribution in [2.75, 3.05) is 12.5 Å². The van der Waals surface area contributed by atoms with Crippen LogP contribution in [0.25, 0.3) is 0 Å². The molecule has 1 atom stereocenters. The maximum absolute atomic E-state index is 8.42. The number of aliphatic hydroxyl groups is 1. The SMILES string of the molecule is C[C@H](CCl)CCCCO. The van der Waals surface area contributed by atoms with E-state index in [0.29, 0.717) is 12.5 Å². The molecule has 1 nitrogen and oxygen atoms in total. The molecule has 0 fully saturated rings. The third-order valence-corrected chi connectivity index (χ3v) is 1.90. The van der Waals surface area contributed by atoms with Crippen LogP contribution in [0.1, 0.15) is 26.2 Å². The number of aliphatic hydroxyl groups excluding tert-OH is 1. The lowest BCUT2D eigenvalue weighted by Crippen LogP contribution is -1.96. The highest BCUT2D eigenvalue weighted by Crippen LogP contribution is 2.08. The molecule has 0 saturated carbocycles. The Bertz CT molecular complexity index is 56.9. The Balaban J connectivity index is 2.88. The number of hydrogen-bond acceptors (Lipinski definition) is 1. The number of hydrogen-bond donors (Lipinski definition) is 1. The van der Waals surface area contributed by atoms with E-state index in [-0.39, 0.29) is 0 Å². The summed E-state index contributed by atoms with van der Waals surface area (Å²) in [5.74, 6) is 1.35. The van der Waals surface area contributed by atoms with Crippen LogP contribution in [-0.4, -0.2) is 17.6 Å². The van der Waals surface area contributed by atoms with Gasteiger partial charge in [-0.3, -0.25) is 0 Å². The molecule has 2 heteroatoms. The first-order valence-corrected chi connectivity index (χ1v) is 4.01. The minimum absolute atomic E-state index is 0.314. The van der Waals surface area contributed by atoms with Crippen LogP contribution in [0.5, 0.6) is 0 Å². The zero-order chi connectivity index (χ0) is 7.11. The molecular weight excluding hydrogens is 136 g/mol. The lowest BCUT2D eigenvalue weighted by molar-refractivity contribution is 0.280. The van der Waals surface area contributed by atoms with Crippen LogP contribution in [0.4, 0.5) is 0 Å². The molecule has 0 amide bonds. The standard InChI is InChI=1S/C7H15ClO/c1-7(6-8)4-2-3-5-9/h7,9H,2-6H2,1H3/t7-/m0/s1. The first-order chi connectivity index (χ1) is 4.31. The minimum atomic E-state index is 0.314. The quantitative estimate of drug-likeness (QED) is 0.470. The summed E-state index contributed by atoms with van der Waals surface area (Å²) in [6.45, 7) is 2.44. The van der Waals surface area contributed by atoms with Gasteiger partial charge in [-0.2, -0.15) is 0 Å². The number of unbranched alkanes of at least 4 members (excludes halogenated alkanes) is 1. The second kappa shape index (κ2) is 6.37. The third kappa shape index (κ3) is 6.13. The second-order valence-corrected chi connectivity index (χ2v) is 2.79. The maximum Gasteiger partial charge on any atom is 0.0431 e. The number of halogens is 1. The molecule has 0 aliphatic heterocycles. The lowest BCUT2D eigenvalue weighted by Gasteiger charge is -2.04. The van der Waals surface area contributed by atoms with Crippen molar-refractivity contribution in [1.29, 1.82) is 0 Å². The van der Waals surface area contributed by atoms with Crippen LogP contribution in [-0.2, 0) is 0 Å². The van der Waals surface area contributed by atoms with E-state index in [1.54, 1.807) is 0 Å². The van der Waals surface area contributed by atoms with Crippen LogP contribution < -0.4 is 0 Å². The number of rotatable bonds is 5. The molecule has 0 aliphatic carbocycles. The van der Waals surface area contributed by atoms with Gasteiger partial charge in [0.05, 0.1) is 0 Å². The molecule has 0 heterocycles. The lowest BCUT2D eigenvalue weighted by atomic mass is 10.1. The molecule has 0 rings (SSSR count). The van der Waals surface area contributed by atoms with E-state index in [4.69, 9.17) is 16.7 Å². The van der Waals surface area contributed by atoms with E-state index >= 15 is 0 Å². The van der Waals surface area contributed by atoms with Crippen LogP contribution in [0.2, 0.25) is 0 Å². The topological polar surface area (TPSA) is 20.2 Å². The fourth-order valence-corrected chi connectivity index (χ4v) is 0.836. The monoisotopic (exact) mass is 150 g/mol. The van der Waals surface area contributed by atoms with Crippen LogP contribution >= 0.6 is 11.6 Å². The molecule has 1 N–H and O–H groups in total. The van der Waals surface area contributed by atoms with Gasteiger partial charge in [0.1, 0.15) is 0 Å². The fraction of sp³-hybridized carbons (Fsp3) is 1.00. The summed E-state index contributed by atoms with van der Waals surface area (Å²) in [7, 11) is 0. The van der Waals surface area contributed by atoms with Gasteiger partial charge in [-0.1, -0.05) is 13.3 Å². The Morgan fingerprint density at radius 1 is 1.44 bits per heavy atom. The molecule has 0 aliphatic rings. The third-order valence-electron chi connectivity index (χ3n) is 1.37. The van der Waals surface area contributed by atoms with Crippen molar-refractivity contribution >= 4 is 11.6 Å². The number of alkyl halides is 1. The Hall–Kier alpha value is 0.250. The molecule has 0 bridgehead atoms. The van der Waals surface area contributed by atoms with Crippen molar-refractivity contribution in [2.24, 2.45) is 5.92 Å².